The lowest BCUT2D eigenvalue weighted by Crippen LogP contribution is -1.70. The van der Waals surface area contributed by atoms with Crippen LogP contribution in [-0.4, -0.2) is 6.08 Å². The number of aliphatic imine (C=N–C) groups is 1. The summed E-state index contributed by atoms with van der Waals surface area (Å²) in [7, 11) is 0. The first-order chi connectivity index (χ1) is 6.33. The molecule has 1 aromatic carbocycles. The van der Waals surface area contributed by atoms with Gasteiger partial charge in [0.1, 0.15) is 5.58 Å². The van der Waals surface area contributed by atoms with Crippen LogP contribution < -0.4 is 0 Å². The Balaban J connectivity index is 2.87. The van der Waals surface area contributed by atoms with Gasteiger partial charge in [0.15, 0.2) is 0 Å². The Morgan fingerprint density at radius 1 is 1.46 bits per heavy atom. The molecule has 1 heterocycles. The maximum atomic E-state index is 10.1. The normalized spacial score (nSPS) is 9.92. The van der Waals surface area contributed by atoms with Gasteiger partial charge in [-0.25, -0.2) is 4.79 Å². The summed E-state index contributed by atoms with van der Waals surface area (Å²) in [5, 5.41) is 0.880. The Kier molecular flexibility index (Phi) is 1.72. The number of isocyanates is 1. The number of aryl methyl sites for hydroxylation is 1. The minimum absolute atomic E-state index is 0.610. The average molecular weight is 173 g/mol. The van der Waals surface area contributed by atoms with Crippen molar-refractivity contribution < 1.29 is 9.21 Å². The van der Waals surface area contributed by atoms with Gasteiger partial charge in [0.2, 0.25) is 6.08 Å². The van der Waals surface area contributed by atoms with E-state index in [9.17, 15) is 4.79 Å². The second-order valence-electron chi connectivity index (χ2n) is 2.77. The van der Waals surface area contributed by atoms with Crippen LogP contribution in [-0.2, 0) is 4.79 Å². The number of nitrogens with zero attached hydrogens (tertiary/aromatic N) is 1. The van der Waals surface area contributed by atoms with Crippen molar-refractivity contribution in [2.24, 2.45) is 4.99 Å². The molecule has 0 aliphatic rings. The van der Waals surface area contributed by atoms with Crippen LogP contribution in [0.2, 0.25) is 0 Å². The highest BCUT2D eigenvalue weighted by atomic mass is 16.3. The number of furan rings is 1. The van der Waals surface area contributed by atoms with Crippen molar-refractivity contribution in [3.05, 3.63) is 30.0 Å². The largest absolute Gasteiger partial charge is 0.464 e. The van der Waals surface area contributed by atoms with Crippen LogP contribution in [0.1, 0.15) is 5.56 Å². The first kappa shape index (κ1) is 7.77. The Hall–Kier alpha value is -1.86. The third-order valence-electron chi connectivity index (χ3n) is 1.93. The third kappa shape index (κ3) is 1.15. The van der Waals surface area contributed by atoms with E-state index in [0.717, 1.165) is 16.5 Å². The monoisotopic (exact) mass is 173 g/mol. The lowest BCUT2D eigenvalue weighted by Gasteiger charge is -1.93. The molecule has 2 rings (SSSR count). The van der Waals surface area contributed by atoms with Crippen LogP contribution in [0.4, 0.5) is 5.69 Å². The summed E-state index contributed by atoms with van der Waals surface area (Å²) < 4.78 is 5.25. The minimum Gasteiger partial charge on any atom is -0.464 e. The van der Waals surface area contributed by atoms with Crippen molar-refractivity contribution in [1.82, 2.24) is 0 Å². The number of fused-ring (bicyclic) bond motifs is 1. The maximum absolute atomic E-state index is 10.1. The molecule has 0 N–H and O–H groups in total. The summed E-state index contributed by atoms with van der Waals surface area (Å²) >= 11 is 0. The summed E-state index contributed by atoms with van der Waals surface area (Å²) in [5.74, 6) is 0. The molecule has 3 nitrogen and oxygen atoms in total. The van der Waals surface area contributed by atoms with Crippen LogP contribution in [0.25, 0.3) is 11.0 Å². The lowest BCUT2D eigenvalue weighted by atomic mass is 10.1. The molecular formula is C10H7NO2. The molecule has 0 radical (unpaired) electrons. The fourth-order valence-corrected chi connectivity index (χ4v) is 1.37. The van der Waals surface area contributed by atoms with Crippen molar-refractivity contribution in [1.29, 1.82) is 0 Å². The molecule has 13 heavy (non-hydrogen) atoms. The molecule has 0 aliphatic carbocycles. The molecular weight excluding hydrogens is 166 g/mol. The van der Waals surface area contributed by atoms with Gasteiger partial charge in [0.05, 0.1) is 12.0 Å². The van der Waals surface area contributed by atoms with Gasteiger partial charge in [-0.3, -0.25) is 0 Å². The molecule has 0 unspecified atom stereocenters. The maximum Gasteiger partial charge on any atom is 0.240 e. The number of benzene rings is 1. The predicted molar refractivity (Wildman–Crippen MR) is 48.7 cm³/mol. The molecule has 0 amide bonds. The molecule has 0 aliphatic heterocycles. The molecule has 0 spiro atoms. The molecule has 3 heteroatoms. The van der Waals surface area contributed by atoms with Crippen LogP contribution in [0, 0.1) is 6.92 Å². The van der Waals surface area contributed by atoms with Gasteiger partial charge in [0, 0.05) is 5.39 Å². The van der Waals surface area contributed by atoms with Gasteiger partial charge in [-0.1, -0.05) is 6.07 Å². The minimum atomic E-state index is 0.610. The predicted octanol–water partition coefficient (Wildman–Crippen LogP) is 2.71. The molecule has 0 bridgehead atoms. The van der Waals surface area contributed by atoms with E-state index in [1.807, 2.05) is 13.0 Å². The molecule has 0 saturated heterocycles. The van der Waals surface area contributed by atoms with E-state index in [0.29, 0.717) is 5.69 Å². The number of carbonyl (C=O) groups excluding carboxylic acids is 1. The highest BCUT2D eigenvalue weighted by Crippen LogP contribution is 2.29. The van der Waals surface area contributed by atoms with Gasteiger partial charge in [-0.2, -0.15) is 4.99 Å². The first-order valence-electron chi connectivity index (χ1n) is 3.87. The summed E-state index contributed by atoms with van der Waals surface area (Å²) in [5.41, 5.74) is 2.33. The number of hydrogen-bond donors (Lipinski definition) is 0. The van der Waals surface area contributed by atoms with Crippen LogP contribution in [0.5, 0.6) is 0 Å². The van der Waals surface area contributed by atoms with Crippen LogP contribution in [0.3, 0.4) is 0 Å². The zero-order chi connectivity index (χ0) is 9.26. The van der Waals surface area contributed by atoms with Crippen molar-refractivity contribution in [2.75, 3.05) is 0 Å². The molecule has 1 aromatic heterocycles. The van der Waals surface area contributed by atoms with Gasteiger partial charge in [-0.15, -0.1) is 0 Å². The quantitative estimate of drug-likeness (QED) is 0.491. The molecule has 0 saturated carbocycles. The standard InChI is InChI=1S/C10H7NO2/c1-7-5-13-9-4-2-3-8(10(7)9)11-6-12/h2-5H,1H3. The van der Waals surface area contributed by atoms with Crippen molar-refractivity contribution in [3.8, 4) is 0 Å². The molecule has 64 valence electrons. The smallest absolute Gasteiger partial charge is 0.240 e. The van der Waals surface area contributed by atoms with Crippen LogP contribution >= 0.6 is 0 Å². The van der Waals surface area contributed by atoms with Gasteiger partial charge < -0.3 is 4.42 Å². The summed E-state index contributed by atoms with van der Waals surface area (Å²) in [6.45, 7) is 1.91. The summed E-state index contributed by atoms with van der Waals surface area (Å²) in [6, 6.07) is 5.39. The van der Waals surface area contributed by atoms with Gasteiger partial charge >= 0.3 is 0 Å². The Labute approximate surface area is 74.7 Å². The molecule has 0 fully saturated rings. The summed E-state index contributed by atoms with van der Waals surface area (Å²) in [4.78, 5) is 13.7. The van der Waals surface area contributed by atoms with E-state index in [1.54, 1.807) is 18.4 Å². The Bertz CT molecular complexity index is 493. The second kappa shape index (κ2) is 2.88. The van der Waals surface area contributed by atoms with Gasteiger partial charge in [-0.05, 0) is 24.6 Å². The van der Waals surface area contributed by atoms with E-state index in [1.165, 1.54) is 6.08 Å². The zero-order valence-corrected chi connectivity index (χ0v) is 7.07. The highest BCUT2D eigenvalue weighted by Gasteiger charge is 2.05. The molecule has 2 aromatic rings. The van der Waals surface area contributed by atoms with Crippen molar-refractivity contribution >= 4 is 22.7 Å². The van der Waals surface area contributed by atoms with E-state index < -0.39 is 0 Å². The third-order valence-corrected chi connectivity index (χ3v) is 1.93. The SMILES string of the molecule is Cc1coc2cccc(N=C=O)c12. The van der Waals surface area contributed by atoms with E-state index >= 15 is 0 Å². The van der Waals surface area contributed by atoms with Crippen LogP contribution in [0.15, 0.2) is 33.9 Å². The van der Waals surface area contributed by atoms with E-state index in [2.05, 4.69) is 4.99 Å². The number of rotatable bonds is 1. The number of hydrogen-bond acceptors (Lipinski definition) is 3. The molecule has 0 atom stereocenters. The Morgan fingerprint density at radius 3 is 3.08 bits per heavy atom. The van der Waals surface area contributed by atoms with E-state index in [-0.39, 0.29) is 0 Å². The van der Waals surface area contributed by atoms with E-state index in [4.69, 9.17) is 4.42 Å². The Morgan fingerprint density at radius 2 is 2.31 bits per heavy atom. The fourth-order valence-electron chi connectivity index (χ4n) is 1.37. The van der Waals surface area contributed by atoms with Gasteiger partial charge in [0.25, 0.3) is 0 Å². The zero-order valence-electron chi connectivity index (χ0n) is 7.07. The average Bonchev–Trinajstić information content (AvgIpc) is 2.50. The van der Waals surface area contributed by atoms with Crippen molar-refractivity contribution in [3.63, 3.8) is 0 Å². The topological polar surface area (TPSA) is 42.6 Å². The second-order valence-corrected chi connectivity index (χ2v) is 2.77. The fraction of sp³-hybridized carbons (Fsp3) is 0.100. The summed E-state index contributed by atoms with van der Waals surface area (Å²) in [6.07, 6.45) is 3.17. The van der Waals surface area contributed by atoms with Crippen molar-refractivity contribution in [2.45, 2.75) is 6.92 Å². The highest BCUT2D eigenvalue weighted by molar-refractivity contribution is 5.92. The lowest BCUT2D eigenvalue weighted by molar-refractivity contribution is 0.565. The first-order valence-corrected chi connectivity index (χ1v) is 3.87.